The second-order valence-corrected chi connectivity index (χ2v) is 2.73. The van der Waals surface area contributed by atoms with Crippen LogP contribution in [-0.4, -0.2) is 29.3 Å². The predicted octanol–water partition coefficient (Wildman–Crippen LogP) is -0.292. The molecular formula is C10H16N2O3. The lowest BCUT2D eigenvalue weighted by molar-refractivity contribution is -0.146. The number of aliphatic hydroxyl groups excluding tert-OH is 1. The van der Waals surface area contributed by atoms with Gasteiger partial charge in [0, 0.05) is 13.1 Å². The molecule has 1 aromatic carbocycles. The van der Waals surface area contributed by atoms with Gasteiger partial charge in [0.05, 0.1) is 0 Å². The number of hydrogen-bond acceptors (Lipinski definition) is 4. The minimum atomic E-state index is -1.41. The third-order valence-corrected chi connectivity index (χ3v) is 1.52. The highest BCUT2D eigenvalue weighted by molar-refractivity contribution is 5.73. The van der Waals surface area contributed by atoms with Crippen molar-refractivity contribution < 1.29 is 15.0 Å². The highest BCUT2D eigenvalue weighted by Crippen LogP contribution is 2.10. The molecule has 1 unspecified atom stereocenters. The van der Waals surface area contributed by atoms with Gasteiger partial charge < -0.3 is 21.7 Å². The van der Waals surface area contributed by atoms with E-state index < -0.39 is 12.1 Å². The summed E-state index contributed by atoms with van der Waals surface area (Å²) in [6.45, 7) is 1.19. The molecule has 0 heterocycles. The van der Waals surface area contributed by atoms with E-state index in [4.69, 9.17) is 21.7 Å². The zero-order valence-corrected chi connectivity index (χ0v) is 8.34. The number of carboxylic acids is 1. The van der Waals surface area contributed by atoms with Crippen molar-refractivity contribution >= 4 is 5.97 Å². The Balaban J connectivity index is 0.000000423. The maximum atomic E-state index is 10.2. The van der Waals surface area contributed by atoms with E-state index in [0.29, 0.717) is 18.7 Å². The molecule has 1 aromatic rings. The van der Waals surface area contributed by atoms with Gasteiger partial charge in [-0.05, 0) is 5.56 Å². The number of hydrogen-bond donors (Lipinski definition) is 4. The minimum Gasteiger partial charge on any atom is -0.479 e. The maximum Gasteiger partial charge on any atom is 0.337 e. The van der Waals surface area contributed by atoms with Gasteiger partial charge in [0.25, 0.3) is 0 Å². The standard InChI is InChI=1S/C8H8O3.C2H8N2/c9-7(8(10)11)6-4-2-1-3-5-6;3-1-2-4/h1-5,7,9H,(H,10,11);1-4H2. The Hall–Kier alpha value is -1.43. The van der Waals surface area contributed by atoms with E-state index in [2.05, 4.69) is 0 Å². The average molecular weight is 212 g/mol. The lowest BCUT2D eigenvalue weighted by atomic mass is 10.1. The van der Waals surface area contributed by atoms with Crippen molar-refractivity contribution in [3.63, 3.8) is 0 Å². The SMILES string of the molecule is NCCN.O=C(O)C(O)c1ccccc1. The van der Waals surface area contributed by atoms with Crippen LogP contribution in [0.3, 0.4) is 0 Å². The molecule has 0 amide bonds. The normalized spacial score (nSPS) is 11.1. The summed E-state index contributed by atoms with van der Waals surface area (Å²) in [5.74, 6) is -1.23. The first-order valence-electron chi connectivity index (χ1n) is 4.49. The number of aliphatic carboxylic acids is 1. The second-order valence-electron chi connectivity index (χ2n) is 2.73. The summed E-state index contributed by atoms with van der Waals surface area (Å²) in [4.78, 5) is 10.2. The van der Waals surface area contributed by atoms with Crippen LogP contribution in [0.25, 0.3) is 0 Å². The number of rotatable bonds is 3. The summed E-state index contributed by atoms with van der Waals surface area (Å²) in [5.41, 5.74) is 10.2. The molecule has 0 fully saturated rings. The number of carboxylic acid groups (broad SMARTS) is 1. The topological polar surface area (TPSA) is 110 Å². The van der Waals surface area contributed by atoms with Crippen molar-refractivity contribution in [2.24, 2.45) is 11.5 Å². The highest BCUT2D eigenvalue weighted by atomic mass is 16.4. The van der Waals surface area contributed by atoms with Crippen LogP contribution < -0.4 is 11.5 Å². The average Bonchev–Trinajstić information content (AvgIpc) is 2.29. The molecule has 0 saturated carbocycles. The Morgan fingerprint density at radius 3 is 2.00 bits per heavy atom. The smallest absolute Gasteiger partial charge is 0.337 e. The zero-order chi connectivity index (χ0) is 11.7. The summed E-state index contributed by atoms with van der Waals surface area (Å²) >= 11 is 0. The number of aliphatic hydroxyl groups is 1. The molecular weight excluding hydrogens is 196 g/mol. The second kappa shape index (κ2) is 7.93. The number of carbonyl (C=O) groups is 1. The molecule has 0 aliphatic carbocycles. The summed E-state index contributed by atoms with van der Waals surface area (Å²) in [6, 6.07) is 8.26. The molecule has 0 aliphatic heterocycles. The van der Waals surface area contributed by atoms with Gasteiger partial charge in [0.15, 0.2) is 6.10 Å². The summed E-state index contributed by atoms with van der Waals surface area (Å²) in [6.07, 6.45) is -1.41. The molecule has 84 valence electrons. The van der Waals surface area contributed by atoms with Crippen molar-refractivity contribution in [3.8, 4) is 0 Å². The van der Waals surface area contributed by atoms with Gasteiger partial charge in [-0.15, -0.1) is 0 Å². The fourth-order valence-electron chi connectivity index (χ4n) is 0.778. The lowest BCUT2D eigenvalue weighted by Gasteiger charge is -2.03. The van der Waals surface area contributed by atoms with Crippen molar-refractivity contribution in [1.29, 1.82) is 0 Å². The molecule has 0 aliphatic rings. The van der Waals surface area contributed by atoms with Gasteiger partial charge >= 0.3 is 5.97 Å². The maximum absolute atomic E-state index is 10.2. The van der Waals surface area contributed by atoms with E-state index in [9.17, 15) is 4.79 Å². The first-order valence-corrected chi connectivity index (χ1v) is 4.49. The fourth-order valence-corrected chi connectivity index (χ4v) is 0.778. The molecule has 1 rings (SSSR count). The third-order valence-electron chi connectivity index (χ3n) is 1.52. The third kappa shape index (κ3) is 5.79. The van der Waals surface area contributed by atoms with Gasteiger partial charge in [0.2, 0.25) is 0 Å². The van der Waals surface area contributed by atoms with Gasteiger partial charge in [-0.1, -0.05) is 30.3 Å². The van der Waals surface area contributed by atoms with Crippen LogP contribution in [0.2, 0.25) is 0 Å². The molecule has 0 radical (unpaired) electrons. The van der Waals surface area contributed by atoms with Crippen molar-refractivity contribution in [1.82, 2.24) is 0 Å². The van der Waals surface area contributed by atoms with Crippen LogP contribution in [0, 0.1) is 0 Å². The van der Waals surface area contributed by atoms with E-state index in [1.807, 2.05) is 0 Å². The molecule has 1 atom stereocenters. The van der Waals surface area contributed by atoms with Crippen molar-refractivity contribution in [2.75, 3.05) is 13.1 Å². The van der Waals surface area contributed by atoms with Gasteiger partial charge in [-0.25, -0.2) is 4.79 Å². The van der Waals surface area contributed by atoms with E-state index in [0.717, 1.165) is 0 Å². The van der Waals surface area contributed by atoms with Crippen LogP contribution in [0.5, 0.6) is 0 Å². The first-order chi connectivity index (χ1) is 7.13. The number of benzene rings is 1. The van der Waals surface area contributed by atoms with Gasteiger partial charge in [-0.3, -0.25) is 0 Å². The monoisotopic (exact) mass is 212 g/mol. The van der Waals surface area contributed by atoms with Gasteiger partial charge in [-0.2, -0.15) is 0 Å². The first kappa shape index (κ1) is 13.6. The molecule has 6 N–H and O–H groups in total. The molecule has 0 aromatic heterocycles. The molecule has 0 bridgehead atoms. The summed E-state index contributed by atoms with van der Waals surface area (Å²) in [7, 11) is 0. The van der Waals surface area contributed by atoms with E-state index in [1.165, 1.54) is 0 Å². The quantitative estimate of drug-likeness (QED) is 0.550. The van der Waals surface area contributed by atoms with Gasteiger partial charge in [0.1, 0.15) is 0 Å². The molecule has 15 heavy (non-hydrogen) atoms. The molecule has 5 heteroatoms. The van der Waals surface area contributed by atoms with E-state index in [-0.39, 0.29) is 0 Å². The van der Waals surface area contributed by atoms with Crippen LogP contribution >= 0.6 is 0 Å². The highest BCUT2D eigenvalue weighted by Gasteiger charge is 2.14. The molecule has 0 saturated heterocycles. The zero-order valence-electron chi connectivity index (χ0n) is 8.34. The Bertz CT molecular complexity index is 275. The Morgan fingerprint density at radius 2 is 1.67 bits per heavy atom. The largest absolute Gasteiger partial charge is 0.479 e. The summed E-state index contributed by atoms with van der Waals surface area (Å²) in [5, 5.41) is 17.4. The Labute approximate surface area is 88.3 Å². The molecule has 0 spiro atoms. The fraction of sp³-hybridized carbons (Fsp3) is 0.300. The van der Waals surface area contributed by atoms with Crippen LogP contribution in [0.1, 0.15) is 11.7 Å². The Morgan fingerprint density at radius 1 is 1.20 bits per heavy atom. The number of nitrogens with two attached hydrogens (primary N) is 2. The van der Waals surface area contributed by atoms with Crippen molar-refractivity contribution in [2.45, 2.75) is 6.10 Å². The van der Waals surface area contributed by atoms with Crippen LogP contribution in [0.15, 0.2) is 30.3 Å². The summed E-state index contributed by atoms with van der Waals surface area (Å²) < 4.78 is 0. The predicted molar refractivity (Wildman–Crippen MR) is 57.1 cm³/mol. The van der Waals surface area contributed by atoms with E-state index >= 15 is 0 Å². The lowest BCUT2D eigenvalue weighted by Crippen LogP contribution is -2.11. The van der Waals surface area contributed by atoms with Crippen LogP contribution in [0.4, 0.5) is 0 Å². The minimum absolute atomic E-state index is 0.403. The Kier molecular flexibility index (Phi) is 7.17. The van der Waals surface area contributed by atoms with Crippen LogP contribution in [-0.2, 0) is 4.79 Å². The molecule has 5 nitrogen and oxygen atoms in total. The van der Waals surface area contributed by atoms with Crippen molar-refractivity contribution in [3.05, 3.63) is 35.9 Å². The van der Waals surface area contributed by atoms with E-state index in [1.54, 1.807) is 30.3 Å².